The lowest BCUT2D eigenvalue weighted by Crippen LogP contribution is -1.89. The van der Waals surface area contributed by atoms with E-state index in [1.807, 2.05) is 0 Å². The second-order valence-electron chi connectivity index (χ2n) is 3.20. The van der Waals surface area contributed by atoms with Crippen LogP contribution in [0.2, 0.25) is 15.1 Å². The maximum atomic E-state index is 6.09. The summed E-state index contributed by atoms with van der Waals surface area (Å²) in [5, 5.41) is 1.12. The fraction of sp³-hybridized carbons (Fsp3) is 0. The highest BCUT2D eigenvalue weighted by molar-refractivity contribution is 6.49. The Kier molecular flexibility index (Phi) is 3.24. The van der Waals surface area contributed by atoms with Crippen LogP contribution in [0.15, 0.2) is 30.5 Å². The van der Waals surface area contributed by atoms with E-state index in [-0.39, 0.29) is 0 Å². The molecule has 1 heterocycles. The highest BCUT2D eigenvalue weighted by Crippen LogP contribution is 2.37. The van der Waals surface area contributed by atoms with Crippen LogP contribution in [0.5, 0.6) is 0 Å². The third kappa shape index (κ3) is 2.09. The largest absolute Gasteiger partial charge is 0.399 e. The summed E-state index contributed by atoms with van der Waals surface area (Å²) in [6.07, 6.45) is 1.61. The number of hydrogen-bond acceptors (Lipinski definition) is 2. The first-order valence-corrected chi connectivity index (χ1v) is 5.58. The molecule has 0 spiro atoms. The van der Waals surface area contributed by atoms with Crippen molar-refractivity contribution in [3.8, 4) is 11.3 Å². The lowest BCUT2D eigenvalue weighted by molar-refractivity contribution is 1.33. The van der Waals surface area contributed by atoms with Gasteiger partial charge in [-0.05, 0) is 24.3 Å². The first-order chi connectivity index (χ1) is 7.59. The van der Waals surface area contributed by atoms with Crippen LogP contribution in [0.25, 0.3) is 11.3 Å². The summed E-state index contributed by atoms with van der Waals surface area (Å²) in [5.74, 6) is 0. The summed E-state index contributed by atoms with van der Waals surface area (Å²) in [4.78, 5) is 4.18. The summed E-state index contributed by atoms with van der Waals surface area (Å²) in [7, 11) is 0. The molecule has 2 N–H and O–H groups in total. The van der Waals surface area contributed by atoms with Gasteiger partial charge in [-0.1, -0.05) is 34.8 Å². The van der Waals surface area contributed by atoms with Gasteiger partial charge in [0.15, 0.2) is 0 Å². The first kappa shape index (κ1) is 11.5. The van der Waals surface area contributed by atoms with Crippen LogP contribution in [0, 0.1) is 0 Å². The summed E-state index contributed by atoms with van der Waals surface area (Å²) >= 11 is 17.9. The fourth-order valence-electron chi connectivity index (χ4n) is 1.32. The quantitative estimate of drug-likeness (QED) is 0.787. The lowest BCUT2D eigenvalue weighted by atomic mass is 10.1. The molecule has 0 amide bonds. The SMILES string of the molecule is Nc1ccnc(-c2ccc(Cl)c(Cl)c2Cl)c1. The van der Waals surface area contributed by atoms with Crippen molar-refractivity contribution in [1.29, 1.82) is 0 Å². The van der Waals surface area contributed by atoms with Crippen molar-refractivity contribution in [2.45, 2.75) is 0 Å². The van der Waals surface area contributed by atoms with Gasteiger partial charge in [-0.15, -0.1) is 0 Å². The molecular formula is C11H7Cl3N2. The van der Waals surface area contributed by atoms with Gasteiger partial charge in [0.05, 0.1) is 20.8 Å². The Bertz CT molecular complexity index is 541. The molecule has 2 rings (SSSR count). The molecule has 0 atom stereocenters. The van der Waals surface area contributed by atoms with E-state index in [1.54, 1.807) is 30.5 Å². The number of halogens is 3. The molecule has 0 radical (unpaired) electrons. The van der Waals surface area contributed by atoms with Crippen LogP contribution in [-0.2, 0) is 0 Å². The number of aromatic nitrogens is 1. The van der Waals surface area contributed by atoms with Crippen LogP contribution in [0.3, 0.4) is 0 Å². The van der Waals surface area contributed by atoms with Crippen molar-refractivity contribution in [2.24, 2.45) is 0 Å². The molecule has 2 aromatic rings. The third-order valence-corrected chi connectivity index (χ3v) is 3.39. The summed E-state index contributed by atoms with van der Waals surface area (Å²) in [6, 6.07) is 6.87. The van der Waals surface area contributed by atoms with E-state index in [0.717, 1.165) is 0 Å². The predicted molar refractivity (Wildman–Crippen MR) is 69.1 cm³/mol. The van der Waals surface area contributed by atoms with E-state index in [0.29, 0.717) is 32.0 Å². The summed E-state index contributed by atoms with van der Waals surface area (Å²) in [6.45, 7) is 0. The van der Waals surface area contributed by atoms with Crippen molar-refractivity contribution in [1.82, 2.24) is 4.98 Å². The van der Waals surface area contributed by atoms with Gasteiger partial charge >= 0.3 is 0 Å². The Morgan fingerprint density at radius 1 is 1.00 bits per heavy atom. The number of benzene rings is 1. The zero-order valence-electron chi connectivity index (χ0n) is 8.05. The molecule has 0 fully saturated rings. The molecule has 82 valence electrons. The number of nitrogens with zero attached hydrogens (tertiary/aromatic N) is 1. The highest BCUT2D eigenvalue weighted by Gasteiger charge is 2.11. The molecule has 1 aromatic carbocycles. The lowest BCUT2D eigenvalue weighted by Gasteiger charge is -2.07. The Morgan fingerprint density at radius 3 is 2.44 bits per heavy atom. The second-order valence-corrected chi connectivity index (χ2v) is 4.36. The van der Waals surface area contributed by atoms with Crippen molar-refractivity contribution in [2.75, 3.05) is 5.73 Å². The molecule has 0 unspecified atom stereocenters. The molecule has 0 bridgehead atoms. The maximum Gasteiger partial charge on any atom is 0.0785 e. The van der Waals surface area contributed by atoms with Crippen LogP contribution in [0.1, 0.15) is 0 Å². The number of rotatable bonds is 1. The van der Waals surface area contributed by atoms with Gasteiger partial charge in [0.2, 0.25) is 0 Å². The van der Waals surface area contributed by atoms with Gasteiger partial charge < -0.3 is 5.73 Å². The molecule has 16 heavy (non-hydrogen) atoms. The summed E-state index contributed by atoms with van der Waals surface area (Å²) < 4.78 is 0. The van der Waals surface area contributed by atoms with E-state index in [1.165, 1.54) is 0 Å². The molecule has 0 aliphatic rings. The van der Waals surface area contributed by atoms with Gasteiger partial charge in [-0.3, -0.25) is 4.98 Å². The van der Waals surface area contributed by atoms with Crippen molar-refractivity contribution >= 4 is 40.5 Å². The van der Waals surface area contributed by atoms with E-state index in [4.69, 9.17) is 40.5 Å². The predicted octanol–water partition coefficient (Wildman–Crippen LogP) is 4.29. The Labute approximate surface area is 108 Å². The first-order valence-electron chi connectivity index (χ1n) is 4.45. The van der Waals surface area contributed by atoms with Gasteiger partial charge in [-0.2, -0.15) is 0 Å². The molecular weight excluding hydrogens is 266 g/mol. The highest BCUT2D eigenvalue weighted by atomic mass is 35.5. The van der Waals surface area contributed by atoms with Crippen LogP contribution in [-0.4, -0.2) is 4.98 Å². The molecule has 1 aromatic heterocycles. The van der Waals surface area contributed by atoms with Crippen molar-refractivity contribution in [3.63, 3.8) is 0 Å². The fourth-order valence-corrected chi connectivity index (χ4v) is 1.95. The minimum Gasteiger partial charge on any atom is -0.399 e. The zero-order chi connectivity index (χ0) is 11.7. The average Bonchev–Trinajstić information content (AvgIpc) is 2.26. The van der Waals surface area contributed by atoms with Gasteiger partial charge in [0.1, 0.15) is 0 Å². The molecule has 0 aliphatic carbocycles. The summed E-state index contributed by atoms with van der Waals surface area (Å²) in [5.41, 5.74) is 7.67. The van der Waals surface area contributed by atoms with Crippen LogP contribution < -0.4 is 5.73 Å². The number of anilines is 1. The normalized spacial score (nSPS) is 10.4. The van der Waals surface area contributed by atoms with Crippen molar-refractivity contribution < 1.29 is 0 Å². The zero-order valence-corrected chi connectivity index (χ0v) is 10.3. The Balaban J connectivity index is 2.61. The average molecular weight is 274 g/mol. The van der Waals surface area contributed by atoms with Crippen molar-refractivity contribution in [3.05, 3.63) is 45.5 Å². The molecule has 5 heteroatoms. The van der Waals surface area contributed by atoms with E-state index in [2.05, 4.69) is 4.98 Å². The number of nitrogen functional groups attached to an aromatic ring is 1. The molecule has 2 nitrogen and oxygen atoms in total. The van der Waals surface area contributed by atoms with E-state index in [9.17, 15) is 0 Å². The molecule has 0 saturated heterocycles. The number of pyridine rings is 1. The van der Waals surface area contributed by atoms with Gasteiger partial charge in [0, 0.05) is 17.4 Å². The standard InChI is InChI=1S/C11H7Cl3N2/c12-8-2-1-7(10(13)11(8)14)9-5-6(15)3-4-16-9/h1-5H,(H2,15,16). The minimum absolute atomic E-state index is 0.324. The topological polar surface area (TPSA) is 38.9 Å². The maximum absolute atomic E-state index is 6.09. The Morgan fingerprint density at radius 2 is 1.75 bits per heavy atom. The van der Waals surface area contributed by atoms with Gasteiger partial charge in [-0.25, -0.2) is 0 Å². The van der Waals surface area contributed by atoms with E-state index < -0.39 is 0 Å². The number of nitrogens with two attached hydrogens (primary N) is 1. The second kappa shape index (κ2) is 4.50. The molecule has 0 aliphatic heterocycles. The monoisotopic (exact) mass is 272 g/mol. The Hall–Kier alpha value is -0.960. The smallest absolute Gasteiger partial charge is 0.0785 e. The van der Waals surface area contributed by atoms with E-state index >= 15 is 0 Å². The number of hydrogen-bond donors (Lipinski definition) is 1. The van der Waals surface area contributed by atoms with Crippen LogP contribution in [0.4, 0.5) is 5.69 Å². The minimum atomic E-state index is 0.324. The van der Waals surface area contributed by atoms with Gasteiger partial charge in [0.25, 0.3) is 0 Å². The third-order valence-electron chi connectivity index (χ3n) is 2.10. The van der Waals surface area contributed by atoms with Crippen LogP contribution >= 0.6 is 34.8 Å². The molecule has 0 saturated carbocycles.